The summed E-state index contributed by atoms with van der Waals surface area (Å²) in [5.41, 5.74) is 0.999. The van der Waals surface area contributed by atoms with E-state index in [1.165, 1.54) is 18.2 Å². The van der Waals surface area contributed by atoms with Gasteiger partial charge in [-0.2, -0.15) is 4.98 Å². The van der Waals surface area contributed by atoms with Crippen molar-refractivity contribution in [3.8, 4) is 11.4 Å². The van der Waals surface area contributed by atoms with Gasteiger partial charge in [0.05, 0.1) is 16.4 Å². The van der Waals surface area contributed by atoms with Crippen molar-refractivity contribution in [3.05, 3.63) is 65.8 Å². The van der Waals surface area contributed by atoms with Gasteiger partial charge in [0.2, 0.25) is 21.7 Å². The average Bonchev–Trinajstić information content (AvgIpc) is 3.19. The Labute approximate surface area is 150 Å². The van der Waals surface area contributed by atoms with Crippen LogP contribution in [0.5, 0.6) is 0 Å². The second-order valence-corrected chi connectivity index (χ2v) is 7.98. The van der Waals surface area contributed by atoms with Gasteiger partial charge < -0.3 is 4.52 Å². The fourth-order valence-electron chi connectivity index (χ4n) is 2.87. The fraction of sp³-hybridized carbons (Fsp3) is 0.222. The van der Waals surface area contributed by atoms with E-state index in [-0.39, 0.29) is 22.7 Å². The minimum atomic E-state index is -3.60. The molecule has 0 bridgehead atoms. The van der Waals surface area contributed by atoms with Crippen LogP contribution in [0.1, 0.15) is 23.8 Å². The monoisotopic (exact) mass is 373 g/mol. The van der Waals surface area contributed by atoms with Gasteiger partial charge in [-0.25, -0.2) is 17.5 Å². The van der Waals surface area contributed by atoms with E-state index in [1.54, 1.807) is 37.3 Å². The number of sulfonamides is 1. The summed E-state index contributed by atoms with van der Waals surface area (Å²) in [4.78, 5) is 4.47. The lowest BCUT2D eigenvalue weighted by atomic mass is 10.1. The summed E-state index contributed by atoms with van der Waals surface area (Å²) in [6.45, 7) is 1.77. The highest BCUT2D eigenvalue weighted by Gasteiger charge is 2.45. The number of aryl methyl sites for hydroxylation is 1. The molecule has 2 aromatic carbocycles. The van der Waals surface area contributed by atoms with Gasteiger partial charge in [0.25, 0.3) is 0 Å². The van der Waals surface area contributed by atoms with Gasteiger partial charge in [0.1, 0.15) is 5.82 Å². The van der Waals surface area contributed by atoms with Crippen LogP contribution in [0.3, 0.4) is 0 Å². The molecule has 8 heteroatoms. The van der Waals surface area contributed by atoms with Crippen molar-refractivity contribution in [2.24, 2.45) is 0 Å². The molecule has 0 radical (unpaired) electrons. The summed E-state index contributed by atoms with van der Waals surface area (Å²) >= 11 is 0. The number of hydrogen-bond donors (Lipinski definition) is 1. The molecule has 1 aliphatic rings. The van der Waals surface area contributed by atoms with Crippen molar-refractivity contribution < 1.29 is 17.3 Å². The molecule has 1 heterocycles. The van der Waals surface area contributed by atoms with Crippen molar-refractivity contribution >= 4 is 10.0 Å². The van der Waals surface area contributed by atoms with Gasteiger partial charge in [0.15, 0.2) is 0 Å². The normalized spacial score (nSPS) is 19.5. The van der Waals surface area contributed by atoms with Gasteiger partial charge in [-0.1, -0.05) is 35.5 Å². The number of nitrogens with zero attached hydrogens (tertiary/aromatic N) is 2. The zero-order valence-electron chi connectivity index (χ0n) is 13.9. The molecule has 6 nitrogen and oxygen atoms in total. The molecule has 0 amide bonds. The summed E-state index contributed by atoms with van der Waals surface area (Å²) in [6.07, 6.45) is 0.559. The molecule has 0 aliphatic heterocycles. The van der Waals surface area contributed by atoms with Gasteiger partial charge in [0, 0.05) is 6.04 Å². The lowest BCUT2D eigenvalue weighted by molar-refractivity contribution is 0.377. The van der Waals surface area contributed by atoms with Crippen LogP contribution in [0.15, 0.2) is 57.9 Å². The Bertz CT molecular complexity index is 1030. The number of hydrogen-bond acceptors (Lipinski definition) is 5. The summed E-state index contributed by atoms with van der Waals surface area (Å²) < 4.78 is 46.6. The highest BCUT2D eigenvalue weighted by Crippen LogP contribution is 2.41. The van der Waals surface area contributed by atoms with Crippen LogP contribution in [0.25, 0.3) is 11.4 Å². The molecule has 1 fully saturated rings. The molecule has 0 unspecified atom stereocenters. The van der Waals surface area contributed by atoms with Gasteiger partial charge in [-0.3, -0.25) is 0 Å². The second-order valence-electron chi connectivity index (χ2n) is 6.27. The van der Waals surface area contributed by atoms with E-state index < -0.39 is 15.8 Å². The molecule has 3 aromatic rings. The zero-order valence-corrected chi connectivity index (χ0v) is 14.7. The first-order valence-electron chi connectivity index (χ1n) is 8.12. The first kappa shape index (κ1) is 16.9. The Balaban J connectivity index is 1.51. The predicted molar refractivity (Wildman–Crippen MR) is 92.3 cm³/mol. The summed E-state index contributed by atoms with van der Waals surface area (Å²) in [6, 6.07) is 12.6. The van der Waals surface area contributed by atoms with Gasteiger partial charge in [-0.15, -0.1) is 0 Å². The standard InChI is InChI=1S/C18H16FN3O3S/c1-11-6-5-9-14(19)16(11)17-20-18(25-21-17)13-10-15(13)22-26(23,24)12-7-3-2-4-8-12/h2-9,13,15,22H,10H2,1H3/t13-,15-/m1/s1. The highest BCUT2D eigenvalue weighted by molar-refractivity contribution is 7.89. The number of rotatable bonds is 5. The Hall–Kier alpha value is -2.58. The SMILES string of the molecule is Cc1cccc(F)c1-c1noc([C@@H]2C[C@H]2NS(=O)(=O)c2ccccc2)n1. The molecule has 0 saturated heterocycles. The van der Waals surface area contributed by atoms with Gasteiger partial charge in [-0.05, 0) is 37.1 Å². The van der Waals surface area contributed by atoms with Crippen LogP contribution >= 0.6 is 0 Å². The molecule has 4 rings (SSSR count). The third-order valence-corrected chi connectivity index (χ3v) is 5.86. The van der Waals surface area contributed by atoms with E-state index in [2.05, 4.69) is 14.9 Å². The molecule has 1 aliphatic carbocycles. The van der Waals surface area contributed by atoms with E-state index in [9.17, 15) is 12.8 Å². The Morgan fingerprint density at radius 2 is 1.92 bits per heavy atom. The predicted octanol–water partition coefficient (Wildman–Crippen LogP) is 3.02. The zero-order chi connectivity index (χ0) is 18.3. The van der Waals surface area contributed by atoms with Gasteiger partial charge >= 0.3 is 0 Å². The number of halogens is 1. The Kier molecular flexibility index (Phi) is 4.08. The maximum absolute atomic E-state index is 14.0. The molecule has 1 N–H and O–H groups in total. The Morgan fingerprint density at radius 1 is 1.15 bits per heavy atom. The van der Waals surface area contributed by atoms with Crippen molar-refractivity contribution in [2.45, 2.75) is 30.2 Å². The molecule has 26 heavy (non-hydrogen) atoms. The van der Waals surface area contributed by atoms with Crippen LogP contribution in [-0.4, -0.2) is 24.6 Å². The van der Waals surface area contributed by atoms with Crippen LogP contribution in [0, 0.1) is 12.7 Å². The van der Waals surface area contributed by atoms with Crippen LogP contribution in [0.4, 0.5) is 4.39 Å². The van der Waals surface area contributed by atoms with E-state index in [1.807, 2.05) is 0 Å². The Morgan fingerprint density at radius 3 is 2.65 bits per heavy atom. The third kappa shape index (κ3) is 3.13. The summed E-state index contributed by atoms with van der Waals surface area (Å²) in [7, 11) is -3.60. The summed E-state index contributed by atoms with van der Waals surface area (Å²) in [5.74, 6) is -0.146. The van der Waals surface area contributed by atoms with E-state index in [0.717, 1.165) is 0 Å². The van der Waals surface area contributed by atoms with E-state index in [0.29, 0.717) is 23.4 Å². The fourth-order valence-corrected chi connectivity index (χ4v) is 4.18. The number of nitrogens with one attached hydrogen (secondary N) is 1. The van der Waals surface area contributed by atoms with Crippen molar-refractivity contribution in [2.75, 3.05) is 0 Å². The molecule has 1 aromatic heterocycles. The first-order valence-corrected chi connectivity index (χ1v) is 9.60. The topological polar surface area (TPSA) is 85.1 Å². The molecule has 1 saturated carbocycles. The minimum absolute atomic E-state index is 0.173. The maximum atomic E-state index is 14.0. The smallest absolute Gasteiger partial charge is 0.240 e. The van der Waals surface area contributed by atoms with Crippen LogP contribution in [-0.2, 0) is 10.0 Å². The molecule has 2 atom stereocenters. The first-order chi connectivity index (χ1) is 12.5. The molecular formula is C18H16FN3O3S. The highest BCUT2D eigenvalue weighted by atomic mass is 32.2. The minimum Gasteiger partial charge on any atom is -0.339 e. The molecule has 134 valence electrons. The molecular weight excluding hydrogens is 357 g/mol. The van der Waals surface area contributed by atoms with Crippen LogP contribution < -0.4 is 4.72 Å². The second kappa shape index (κ2) is 6.30. The third-order valence-electron chi connectivity index (χ3n) is 4.35. The maximum Gasteiger partial charge on any atom is 0.240 e. The quantitative estimate of drug-likeness (QED) is 0.743. The largest absolute Gasteiger partial charge is 0.339 e. The van der Waals surface area contributed by atoms with E-state index >= 15 is 0 Å². The molecule has 0 spiro atoms. The number of aromatic nitrogens is 2. The van der Waals surface area contributed by atoms with Crippen LogP contribution in [0.2, 0.25) is 0 Å². The number of benzene rings is 2. The lowest BCUT2D eigenvalue weighted by Gasteiger charge is -2.05. The average molecular weight is 373 g/mol. The van der Waals surface area contributed by atoms with E-state index in [4.69, 9.17) is 4.52 Å². The summed E-state index contributed by atoms with van der Waals surface area (Å²) in [5, 5.41) is 3.86. The van der Waals surface area contributed by atoms with Crippen molar-refractivity contribution in [3.63, 3.8) is 0 Å². The lowest BCUT2D eigenvalue weighted by Crippen LogP contribution is -2.26. The van der Waals surface area contributed by atoms with Crippen molar-refractivity contribution in [1.82, 2.24) is 14.9 Å². The van der Waals surface area contributed by atoms with Crippen molar-refractivity contribution in [1.29, 1.82) is 0 Å².